The number of sulfonamides is 1. The van der Waals surface area contributed by atoms with Crippen molar-refractivity contribution in [2.24, 2.45) is 11.1 Å². The number of hydrogen-bond acceptors (Lipinski definition) is 7. The monoisotopic (exact) mass is 507 g/mol. The molecule has 0 aliphatic carbocycles. The Balaban J connectivity index is 2.07. The van der Waals surface area contributed by atoms with Crippen LogP contribution >= 0.6 is 0 Å². The van der Waals surface area contributed by atoms with Gasteiger partial charge in [0.2, 0.25) is 0 Å². The Labute approximate surface area is 204 Å². The van der Waals surface area contributed by atoms with Crippen LogP contribution in [0.4, 0.5) is 20.6 Å². The van der Waals surface area contributed by atoms with Crippen LogP contribution in [0.5, 0.6) is 5.75 Å². The number of carbonyl (C=O) groups is 2. The van der Waals surface area contributed by atoms with Crippen molar-refractivity contribution in [2.45, 2.75) is 51.2 Å². The number of nitrogens with one attached hydrogen (secondary N) is 1. The third kappa shape index (κ3) is 5.73. The lowest BCUT2D eigenvalue weighted by Crippen LogP contribution is -2.53. The van der Waals surface area contributed by atoms with Crippen LogP contribution in [0.25, 0.3) is 0 Å². The SMILES string of the molecule is CC(C)(C)OC(=O)Nc1ccc2c(c1)N(S(=O)(=O)c1ccc(F)cc1)CC(C(C)(C)C(=O)CN)O2. The second-order valence-electron chi connectivity index (χ2n) is 9.75. The standard InChI is InChI=1S/C24H30FN3O6S/c1-23(2,3)34-22(30)27-16-8-11-19-18(12-16)28(14-21(33-19)24(4,5)20(29)13-26)35(31,32)17-9-6-15(25)7-10-17/h6-12,21H,13-14,26H2,1-5H3,(H,27,30). The molecule has 0 saturated heterocycles. The van der Waals surface area contributed by atoms with Crippen LogP contribution in [0.3, 0.4) is 0 Å². The highest BCUT2D eigenvalue weighted by Gasteiger charge is 2.44. The number of carbonyl (C=O) groups excluding carboxylic acids is 2. The first-order valence-corrected chi connectivity index (χ1v) is 12.4. The second-order valence-corrected chi connectivity index (χ2v) is 11.6. The third-order valence-electron chi connectivity index (χ3n) is 5.58. The van der Waals surface area contributed by atoms with Gasteiger partial charge in [0.05, 0.1) is 29.1 Å². The van der Waals surface area contributed by atoms with Gasteiger partial charge in [0.1, 0.15) is 23.3 Å². The van der Waals surface area contributed by atoms with Crippen molar-refractivity contribution in [1.29, 1.82) is 0 Å². The molecule has 11 heteroatoms. The number of anilines is 2. The molecule has 2 aromatic carbocycles. The van der Waals surface area contributed by atoms with Gasteiger partial charge in [-0.25, -0.2) is 17.6 Å². The first-order chi connectivity index (χ1) is 16.1. The van der Waals surface area contributed by atoms with E-state index in [-0.39, 0.29) is 40.9 Å². The Hall–Kier alpha value is -3.18. The largest absolute Gasteiger partial charge is 0.485 e. The first kappa shape index (κ1) is 26.4. The molecule has 1 atom stereocenters. The van der Waals surface area contributed by atoms with Crippen molar-refractivity contribution in [2.75, 3.05) is 22.7 Å². The molecule has 35 heavy (non-hydrogen) atoms. The molecule has 0 spiro atoms. The lowest BCUT2D eigenvalue weighted by atomic mass is 9.81. The molecule has 2 aromatic rings. The summed E-state index contributed by atoms with van der Waals surface area (Å²) >= 11 is 0. The maximum Gasteiger partial charge on any atom is 0.412 e. The molecule has 1 aliphatic heterocycles. The van der Waals surface area contributed by atoms with Crippen molar-refractivity contribution in [3.05, 3.63) is 48.3 Å². The zero-order chi connectivity index (χ0) is 26.2. The molecule has 0 aromatic heterocycles. The summed E-state index contributed by atoms with van der Waals surface area (Å²) in [5.74, 6) is -0.685. The molecule has 1 aliphatic rings. The Morgan fingerprint density at radius 1 is 1.14 bits per heavy atom. The van der Waals surface area contributed by atoms with Gasteiger partial charge in [-0.05, 0) is 77.1 Å². The Kier molecular flexibility index (Phi) is 7.14. The van der Waals surface area contributed by atoms with Gasteiger partial charge in [0.15, 0.2) is 5.78 Å². The number of hydrogen-bond donors (Lipinski definition) is 2. The Morgan fingerprint density at radius 3 is 2.34 bits per heavy atom. The summed E-state index contributed by atoms with van der Waals surface area (Å²) in [5, 5.41) is 2.58. The molecule has 1 heterocycles. The molecule has 9 nitrogen and oxygen atoms in total. The molecule has 0 saturated carbocycles. The van der Waals surface area contributed by atoms with E-state index in [1.54, 1.807) is 34.6 Å². The zero-order valence-electron chi connectivity index (χ0n) is 20.3. The van der Waals surface area contributed by atoms with E-state index in [1.165, 1.54) is 18.2 Å². The summed E-state index contributed by atoms with van der Waals surface area (Å²) in [4.78, 5) is 24.6. The van der Waals surface area contributed by atoms with Crippen molar-refractivity contribution < 1.29 is 31.9 Å². The quantitative estimate of drug-likeness (QED) is 0.610. The summed E-state index contributed by atoms with van der Waals surface area (Å²) in [5.41, 5.74) is 4.16. The number of ketones is 1. The van der Waals surface area contributed by atoms with Crippen molar-refractivity contribution in [3.63, 3.8) is 0 Å². The number of amides is 1. The van der Waals surface area contributed by atoms with E-state index in [1.807, 2.05) is 0 Å². The second kappa shape index (κ2) is 9.46. The van der Waals surface area contributed by atoms with Crippen LogP contribution in [0, 0.1) is 11.2 Å². The third-order valence-corrected chi connectivity index (χ3v) is 7.38. The highest BCUT2D eigenvalue weighted by Crippen LogP contribution is 2.42. The summed E-state index contributed by atoms with van der Waals surface area (Å²) in [6.45, 7) is 7.99. The van der Waals surface area contributed by atoms with Gasteiger partial charge >= 0.3 is 6.09 Å². The normalized spacial score (nSPS) is 16.2. The molecule has 0 fully saturated rings. The van der Waals surface area contributed by atoms with Gasteiger partial charge in [-0.3, -0.25) is 14.4 Å². The number of halogens is 1. The van der Waals surface area contributed by atoms with Gasteiger partial charge in [0.25, 0.3) is 10.0 Å². The molecule has 1 unspecified atom stereocenters. The minimum Gasteiger partial charge on any atom is -0.485 e. The average molecular weight is 508 g/mol. The van der Waals surface area contributed by atoms with Gasteiger partial charge in [-0.1, -0.05) is 0 Å². The van der Waals surface area contributed by atoms with E-state index in [4.69, 9.17) is 15.2 Å². The molecule has 1 amide bonds. The summed E-state index contributed by atoms with van der Waals surface area (Å²) in [6, 6.07) is 8.90. The fourth-order valence-corrected chi connectivity index (χ4v) is 5.00. The minimum absolute atomic E-state index is 0.140. The minimum atomic E-state index is -4.19. The summed E-state index contributed by atoms with van der Waals surface area (Å²) < 4.78 is 53.1. The van der Waals surface area contributed by atoms with Crippen molar-refractivity contribution in [1.82, 2.24) is 0 Å². The van der Waals surface area contributed by atoms with Crippen LogP contribution < -0.4 is 20.1 Å². The van der Waals surface area contributed by atoms with Crippen LogP contribution in [-0.2, 0) is 19.6 Å². The lowest BCUT2D eigenvalue weighted by molar-refractivity contribution is -0.130. The molecular weight excluding hydrogens is 477 g/mol. The number of benzene rings is 2. The molecule has 0 radical (unpaired) electrons. The van der Waals surface area contributed by atoms with E-state index >= 15 is 0 Å². The van der Waals surface area contributed by atoms with Gasteiger partial charge in [0, 0.05) is 5.69 Å². The van der Waals surface area contributed by atoms with Crippen LogP contribution in [-0.4, -0.2) is 45.1 Å². The highest BCUT2D eigenvalue weighted by molar-refractivity contribution is 7.92. The Bertz CT molecular complexity index is 1220. The first-order valence-electron chi connectivity index (χ1n) is 11.0. The highest BCUT2D eigenvalue weighted by atomic mass is 32.2. The Morgan fingerprint density at radius 2 is 1.77 bits per heavy atom. The number of nitrogens with zero attached hydrogens (tertiary/aromatic N) is 1. The van der Waals surface area contributed by atoms with Gasteiger partial charge in [-0.15, -0.1) is 0 Å². The number of rotatable bonds is 6. The number of ether oxygens (including phenoxy) is 2. The number of fused-ring (bicyclic) bond motifs is 1. The number of nitrogens with two attached hydrogens (primary N) is 1. The predicted molar refractivity (Wildman–Crippen MR) is 129 cm³/mol. The lowest BCUT2D eigenvalue weighted by Gasteiger charge is -2.41. The van der Waals surface area contributed by atoms with Crippen LogP contribution in [0.1, 0.15) is 34.6 Å². The average Bonchev–Trinajstić information content (AvgIpc) is 2.76. The van der Waals surface area contributed by atoms with E-state index in [2.05, 4.69) is 5.32 Å². The molecule has 0 bridgehead atoms. The van der Waals surface area contributed by atoms with E-state index in [9.17, 15) is 22.4 Å². The van der Waals surface area contributed by atoms with Gasteiger partial charge in [-0.2, -0.15) is 0 Å². The van der Waals surface area contributed by atoms with Crippen molar-refractivity contribution >= 4 is 33.3 Å². The van der Waals surface area contributed by atoms with Crippen molar-refractivity contribution in [3.8, 4) is 5.75 Å². The topological polar surface area (TPSA) is 128 Å². The van der Waals surface area contributed by atoms with Crippen LogP contribution in [0.2, 0.25) is 0 Å². The smallest absolute Gasteiger partial charge is 0.412 e. The summed E-state index contributed by atoms with van der Waals surface area (Å²) in [7, 11) is -4.19. The molecule has 3 N–H and O–H groups in total. The van der Waals surface area contributed by atoms with E-state index in [0.717, 1.165) is 28.6 Å². The number of Topliss-reactive ketones (excluding diaryl/α,β-unsaturated/α-hetero) is 1. The van der Waals surface area contributed by atoms with E-state index in [0.29, 0.717) is 0 Å². The molecule has 3 rings (SSSR count). The van der Waals surface area contributed by atoms with Crippen LogP contribution in [0.15, 0.2) is 47.4 Å². The summed E-state index contributed by atoms with van der Waals surface area (Å²) in [6.07, 6.45) is -1.57. The fourth-order valence-electron chi connectivity index (χ4n) is 3.53. The molecular formula is C24H30FN3O6S. The predicted octanol–water partition coefficient (Wildman–Crippen LogP) is 3.68. The maximum atomic E-state index is 13.6. The zero-order valence-corrected chi connectivity index (χ0v) is 21.1. The van der Waals surface area contributed by atoms with Gasteiger partial charge < -0.3 is 15.2 Å². The fraction of sp³-hybridized carbons (Fsp3) is 0.417. The maximum absolute atomic E-state index is 13.6. The van der Waals surface area contributed by atoms with E-state index < -0.39 is 39.1 Å². The molecule has 190 valence electrons.